The van der Waals surface area contributed by atoms with E-state index in [4.69, 9.17) is 10.2 Å². The number of aromatic carboxylic acids is 3. The molecular weight excluding hydrogens is 304 g/mol. The molecule has 0 fully saturated rings. The lowest BCUT2D eigenvalue weighted by atomic mass is 9.93. The Balaban J connectivity index is 2.72. The first-order chi connectivity index (χ1) is 10.9. The summed E-state index contributed by atoms with van der Waals surface area (Å²) in [6.07, 6.45) is 0. The molecule has 0 radical (unpaired) electrons. The first-order valence-corrected chi connectivity index (χ1v) is 6.44. The van der Waals surface area contributed by atoms with Gasteiger partial charge in [0.25, 0.3) is 0 Å². The fourth-order valence-corrected chi connectivity index (χ4v) is 2.30. The SMILES string of the molecule is O=C(O)c1ccc(-c2cccc(C(=O)O)c2C(=O)O)cc1CO. The third-order valence-corrected chi connectivity index (χ3v) is 3.33. The van der Waals surface area contributed by atoms with Gasteiger partial charge >= 0.3 is 17.9 Å². The summed E-state index contributed by atoms with van der Waals surface area (Å²) >= 11 is 0. The average Bonchev–Trinajstić information content (AvgIpc) is 2.53. The van der Waals surface area contributed by atoms with Crippen molar-refractivity contribution in [1.29, 1.82) is 0 Å². The molecule has 0 aliphatic rings. The third kappa shape index (κ3) is 3.04. The number of aliphatic hydroxyl groups is 1. The molecule has 0 atom stereocenters. The molecule has 0 saturated heterocycles. The molecule has 118 valence electrons. The van der Waals surface area contributed by atoms with Crippen LogP contribution in [-0.4, -0.2) is 38.3 Å². The molecule has 2 aromatic carbocycles. The highest BCUT2D eigenvalue weighted by Crippen LogP contribution is 2.28. The largest absolute Gasteiger partial charge is 0.478 e. The first kappa shape index (κ1) is 16.2. The van der Waals surface area contributed by atoms with Crippen molar-refractivity contribution in [2.75, 3.05) is 0 Å². The number of hydrogen-bond donors (Lipinski definition) is 4. The Labute approximate surface area is 130 Å². The fourth-order valence-electron chi connectivity index (χ4n) is 2.30. The zero-order chi connectivity index (χ0) is 17.1. The maximum atomic E-state index is 11.4. The summed E-state index contributed by atoms with van der Waals surface area (Å²) in [5, 5.41) is 36.8. The van der Waals surface area contributed by atoms with Crippen LogP contribution >= 0.6 is 0 Å². The molecular formula is C16H12O7. The second-order valence-corrected chi connectivity index (χ2v) is 4.67. The summed E-state index contributed by atoms with van der Waals surface area (Å²) in [7, 11) is 0. The lowest BCUT2D eigenvalue weighted by Gasteiger charge is -2.11. The summed E-state index contributed by atoms with van der Waals surface area (Å²) in [6, 6.07) is 7.94. The van der Waals surface area contributed by atoms with Crippen LogP contribution in [0.2, 0.25) is 0 Å². The van der Waals surface area contributed by atoms with Crippen molar-refractivity contribution in [3.05, 3.63) is 58.7 Å². The minimum atomic E-state index is -1.41. The molecule has 7 nitrogen and oxygen atoms in total. The van der Waals surface area contributed by atoms with Gasteiger partial charge in [-0.05, 0) is 34.9 Å². The van der Waals surface area contributed by atoms with Gasteiger partial charge in [0.2, 0.25) is 0 Å². The maximum Gasteiger partial charge on any atom is 0.337 e. The highest BCUT2D eigenvalue weighted by molar-refractivity contribution is 6.06. The molecule has 0 saturated carbocycles. The fraction of sp³-hybridized carbons (Fsp3) is 0.0625. The van der Waals surface area contributed by atoms with Crippen LogP contribution < -0.4 is 0 Å². The van der Waals surface area contributed by atoms with Crippen molar-refractivity contribution < 1.29 is 34.8 Å². The van der Waals surface area contributed by atoms with Crippen LogP contribution in [0, 0.1) is 0 Å². The van der Waals surface area contributed by atoms with Crippen LogP contribution in [0.5, 0.6) is 0 Å². The molecule has 23 heavy (non-hydrogen) atoms. The van der Waals surface area contributed by atoms with Gasteiger partial charge < -0.3 is 20.4 Å². The summed E-state index contributed by atoms with van der Waals surface area (Å²) in [5.74, 6) is -4.02. The van der Waals surface area contributed by atoms with Gasteiger partial charge in [0.15, 0.2) is 0 Å². The molecule has 0 unspecified atom stereocenters. The van der Waals surface area contributed by atoms with E-state index >= 15 is 0 Å². The Kier molecular flexibility index (Phi) is 4.42. The number of carbonyl (C=O) groups is 3. The van der Waals surface area contributed by atoms with E-state index in [9.17, 15) is 24.6 Å². The van der Waals surface area contributed by atoms with Gasteiger partial charge in [-0.2, -0.15) is 0 Å². The van der Waals surface area contributed by atoms with Crippen LogP contribution in [0.1, 0.15) is 36.6 Å². The molecule has 2 rings (SSSR count). The van der Waals surface area contributed by atoms with Gasteiger partial charge in [-0.3, -0.25) is 0 Å². The van der Waals surface area contributed by atoms with Crippen LogP contribution in [0.25, 0.3) is 11.1 Å². The van der Waals surface area contributed by atoms with Crippen LogP contribution in [-0.2, 0) is 6.61 Å². The molecule has 2 aromatic rings. The molecule has 4 N–H and O–H groups in total. The zero-order valence-electron chi connectivity index (χ0n) is 11.7. The van der Waals surface area contributed by atoms with E-state index in [2.05, 4.69) is 0 Å². The van der Waals surface area contributed by atoms with Crippen LogP contribution in [0.3, 0.4) is 0 Å². The Morgan fingerprint density at radius 1 is 0.826 bits per heavy atom. The summed E-state index contributed by atoms with van der Waals surface area (Å²) in [6.45, 7) is -0.545. The monoisotopic (exact) mass is 316 g/mol. The Morgan fingerprint density at radius 2 is 1.48 bits per heavy atom. The van der Waals surface area contributed by atoms with Gasteiger partial charge in [-0.1, -0.05) is 18.2 Å². The minimum Gasteiger partial charge on any atom is -0.478 e. The standard InChI is InChI=1S/C16H12O7/c17-7-9-6-8(4-5-11(9)14(18)19)10-2-1-3-12(15(20)21)13(10)16(22)23/h1-6,17H,7H2,(H,18,19)(H,20,21)(H,22,23). The molecule has 0 amide bonds. The molecule has 0 aromatic heterocycles. The summed E-state index contributed by atoms with van der Waals surface area (Å²) < 4.78 is 0. The molecule has 0 aliphatic heterocycles. The molecule has 0 spiro atoms. The molecule has 0 aliphatic carbocycles. The Morgan fingerprint density at radius 3 is 2.00 bits per heavy atom. The van der Waals surface area contributed by atoms with Crippen LogP contribution in [0.4, 0.5) is 0 Å². The topological polar surface area (TPSA) is 132 Å². The number of hydrogen-bond acceptors (Lipinski definition) is 4. The van der Waals surface area contributed by atoms with Crippen molar-refractivity contribution in [2.24, 2.45) is 0 Å². The van der Waals surface area contributed by atoms with Crippen LogP contribution in [0.15, 0.2) is 36.4 Å². The van der Waals surface area contributed by atoms with Gasteiger partial charge in [0, 0.05) is 0 Å². The van der Waals surface area contributed by atoms with E-state index in [-0.39, 0.29) is 22.3 Å². The smallest absolute Gasteiger partial charge is 0.337 e. The molecule has 0 bridgehead atoms. The van der Waals surface area contributed by atoms with E-state index < -0.39 is 30.1 Å². The van der Waals surface area contributed by atoms with E-state index in [0.717, 1.165) is 0 Å². The predicted molar refractivity (Wildman–Crippen MR) is 78.7 cm³/mol. The quantitative estimate of drug-likeness (QED) is 0.662. The second-order valence-electron chi connectivity index (χ2n) is 4.67. The Bertz CT molecular complexity index is 808. The van der Waals surface area contributed by atoms with E-state index in [1.54, 1.807) is 0 Å². The van der Waals surface area contributed by atoms with Crippen molar-refractivity contribution in [1.82, 2.24) is 0 Å². The van der Waals surface area contributed by atoms with E-state index in [1.807, 2.05) is 0 Å². The van der Waals surface area contributed by atoms with E-state index in [1.165, 1.54) is 36.4 Å². The number of rotatable bonds is 5. The summed E-state index contributed by atoms with van der Waals surface area (Å²) in [5.41, 5.74) is -0.340. The van der Waals surface area contributed by atoms with Gasteiger partial charge in [-0.15, -0.1) is 0 Å². The number of carboxylic acids is 3. The summed E-state index contributed by atoms with van der Waals surface area (Å²) in [4.78, 5) is 33.7. The number of carboxylic acid groups (broad SMARTS) is 3. The van der Waals surface area contributed by atoms with Gasteiger partial charge in [0.05, 0.1) is 23.3 Å². The Hall–Kier alpha value is -3.19. The lowest BCUT2D eigenvalue weighted by molar-refractivity contribution is 0.0652. The highest BCUT2D eigenvalue weighted by atomic mass is 16.4. The van der Waals surface area contributed by atoms with Crippen molar-refractivity contribution in [3.8, 4) is 11.1 Å². The highest BCUT2D eigenvalue weighted by Gasteiger charge is 2.21. The first-order valence-electron chi connectivity index (χ1n) is 6.44. The molecule has 0 heterocycles. The number of benzene rings is 2. The number of aliphatic hydroxyl groups excluding tert-OH is 1. The van der Waals surface area contributed by atoms with Gasteiger partial charge in [-0.25, -0.2) is 14.4 Å². The minimum absolute atomic E-state index is 0.104. The van der Waals surface area contributed by atoms with Crippen molar-refractivity contribution in [2.45, 2.75) is 6.61 Å². The predicted octanol–water partition coefficient (Wildman–Crippen LogP) is 1.94. The molecule has 7 heteroatoms. The second kappa shape index (κ2) is 6.29. The zero-order valence-corrected chi connectivity index (χ0v) is 11.7. The maximum absolute atomic E-state index is 11.4. The average molecular weight is 316 g/mol. The lowest BCUT2D eigenvalue weighted by Crippen LogP contribution is -2.10. The van der Waals surface area contributed by atoms with E-state index in [0.29, 0.717) is 5.56 Å². The van der Waals surface area contributed by atoms with Crippen molar-refractivity contribution in [3.63, 3.8) is 0 Å². The third-order valence-electron chi connectivity index (χ3n) is 3.33. The van der Waals surface area contributed by atoms with Crippen molar-refractivity contribution >= 4 is 17.9 Å². The normalized spacial score (nSPS) is 10.3. The van der Waals surface area contributed by atoms with Gasteiger partial charge in [0.1, 0.15) is 0 Å².